The fourth-order valence-electron chi connectivity index (χ4n) is 2.75. The molecule has 2 aromatic carbocycles. The highest BCUT2D eigenvalue weighted by atomic mass is 32.1. The van der Waals surface area contributed by atoms with Crippen LogP contribution in [0.15, 0.2) is 35.7 Å². The molecule has 0 amide bonds. The van der Waals surface area contributed by atoms with E-state index < -0.39 is 7.82 Å². The Morgan fingerprint density at radius 3 is 2.00 bits per heavy atom. The second-order valence-electron chi connectivity index (χ2n) is 5.73. The molecule has 0 aliphatic carbocycles. The molecule has 7 nitrogen and oxygen atoms in total. The van der Waals surface area contributed by atoms with Crippen LogP contribution in [-0.2, 0) is 4.57 Å². The van der Waals surface area contributed by atoms with E-state index in [9.17, 15) is 4.57 Å². The van der Waals surface area contributed by atoms with Gasteiger partial charge < -0.3 is 18.7 Å². The first-order valence-electron chi connectivity index (χ1n) is 8.09. The standard InChI is InChI=1S/C19H19O7PS/c1-23-16-9-12(10-17(24-2)19(16)25-3)4-5-13-8-15(26-27(20,21)22)14-6-7-28-18(14)11-13/h4-11H,1-3H3,(H2,20,21,22). The first-order valence-corrected chi connectivity index (χ1v) is 10.5. The van der Waals surface area contributed by atoms with Gasteiger partial charge in [0.15, 0.2) is 11.5 Å². The van der Waals surface area contributed by atoms with E-state index in [1.165, 1.54) is 18.4 Å². The monoisotopic (exact) mass is 422 g/mol. The summed E-state index contributed by atoms with van der Waals surface area (Å²) >= 11 is 1.46. The minimum Gasteiger partial charge on any atom is -0.493 e. The molecule has 0 atom stereocenters. The van der Waals surface area contributed by atoms with Crippen molar-refractivity contribution in [3.05, 3.63) is 46.8 Å². The quantitative estimate of drug-likeness (QED) is 0.425. The number of thiophene rings is 1. The Bertz CT molecular complexity index is 1040. The fourth-order valence-corrected chi connectivity index (χ4v) is 4.01. The topological polar surface area (TPSA) is 94.5 Å². The molecule has 0 aliphatic heterocycles. The lowest BCUT2D eigenvalue weighted by molar-refractivity contribution is 0.284. The van der Waals surface area contributed by atoms with Crippen LogP contribution in [0.25, 0.3) is 22.2 Å². The maximum atomic E-state index is 11.3. The van der Waals surface area contributed by atoms with E-state index in [-0.39, 0.29) is 5.75 Å². The van der Waals surface area contributed by atoms with Gasteiger partial charge in [-0.2, -0.15) is 0 Å². The molecule has 0 spiro atoms. The number of methoxy groups -OCH3 is 3. The fraction of sp³-hybridized carbons (Fsp3) is 0.158. The van der Waals surface area contributed by atoms with Gasteiger partial charge in [0.25, 0.3) is 0 Å². The van der Waals surface area contributed by atoms with Gasteiger partial charge in [0.2, 0.25) is 5.75 Å². The summed E-state index contributed by atoms with van der Waals surface area (Å²) in [7, 11) is -0.0393. The number of hydrogen-bond donors (Lipinski definition) is 2. The molecular weight excluding hydrogens is 403 g/mol. The van der Waals surface area contributed by atoms with Gasteiger partial charge in [-0.25, -0.2) is 4.57 Å². The highest BCUT2D eigenvalue weighted by Crippen LogP contribution is 2.43. The number of ether oxygens (including phenoxy) is 3. The summed E-state index contributed by atoms with van der Waals surface area (Å²) in [6, 6.07) is 8.87. The van der Waals surface area contributed by atoms with Crippen LogP contribution < -0.4 is 18.7 Å². The van der Waals surface area contributed by atoms with Gasteiger partial charge in [-0.15, -0.1) is 11.3 Å². The first kappa shape index (κ1) is 20.2. The molecule has 0 aliphatic rings. The normalized spacial score (nSPS) is 11.8. The Labute approximate surface area is 166 Å². The lowest BCUT2D eigenvalue weighted by Gasteiger charge is -2.13. The molecule has 0 saturated heterocycles. The number of benzene rings is 2. The van der Waals surface area contributed by atoms with Gasteiger partial charge in [-0.3, -0.25) is 9.79 Å². The molecule has 148 valence electrons. The molecule has 0 saturated carbocycles. The number of phosphoric acid groups is 1. The van der Waals surface area contributed by atoms with Crippen molar-refractivity contribution in [2.75, 3.05) is 21.3 Å². The third-order valence-electron chi connectivity index (χ3n) is 3.93. The van der Waals surface area contributed by atoms with Crippen molar-refractivity contribution in [1.82, 2.24) is 0 Å². The zero-order valence-corrected chi connectivity index (χ0v) is 17.1. The average molecular weight is 422 g/mol. The Morgan fingerprint density at radius 2 is 1.46 bits per heavy atom. The van der Waals surface area contributed by atoms with Crippen molar-refractivity contribution >= 4 is 41.4 Å². The van der Waals surface area contributed by atoms with Gasteiger partial charge in [0.1, 0.15) is 5.75 Å². The van der Waals surface area contributed by atoms with Gasteiger partial charge in [0.05, 0.1) is 21.3 Å². The van der Waals surface area contributed by atoms with Crippen LogP contribution in [0.5, 0.6) is 23.0 Å². The molecule has 1 heterocycles. The van der Waals surface area contributed by atoms with E-state index in [4.69, 9.17) is 28.5 Å². The maximum absolute atomic E-state index is 11.3. The van der Waals surface area contributed by atoms with Crippen molar-refractivity contribution in [3.8, 4) is 23.0 Å². The van der Waals surface area contributed by atoms with Gasteiger partial charge in [0, 0.05) is 10.1 Å². The van der Waals surface area contributed by atoms with Crippen molar-refractivity contribution in [2.45, 2.75) is 0 Å². The molecule has 3 rings (SSSR count). The van der Waals surface area contributed by atoms with Crippen LogP contribution in [-0.4, -0.2) is 31.1 Å². The molecule has 0 fully saturated rings. The molecule has 1 aromatic heterocycles. The van der Waals surface area contributed by atoms with E-state index in [2.05, 4.69) is 0 Å². The predicted molar refractivity (Wildman–Crippen MR) is 110 cm³/mol. The van der Waals surface area contributed by atoms with Crippen LogP contribution in [0, 0.1) is 0 Å². The molecule has 9 heteroatoms. The molecule has 0 radical (unpaired) electrons. The smallest absolute Gasteiger partial charge is 0.493 e. The van der Waals surface area contributed by atoms with E-state index in [0.29, 0.717) is 22.6 Å². The van der Waals surface area contributed by atoms with Gasteiger partial charge in [-0.05, 0) is 46.8 Å². The molecule has 28 heavy (non-hydrogen) atoms. The summed E-state index contributed by atoms with van der Waals surface area (Å²) in [6.45, 7) is 0. The Hall–Kier alpha value is -2.51. The number of rotatable bonds is 7. The summed E-state index contributed by atoms with van der Waals surface area (Å²) < 4.78 is 33.0. The van der Waals surface area contributed by atoms with Crippen molar-refractivity contribution < 1.29 is 33.1 Å². The lowest BCUT2D eigenvalue weighted by Crippen LogP contribution is -1.95. The molecule has 3 aromatic rings. The average Bonchev–Trinajstić information content (AvgIpc) is 3.13. The highest BCUT2D eigenvalue weighted by Gasteiger charge is 2.18. The van der Waals surface area contributed by atoms with E-state index >= 15 is 0 Å². The van der Waals surface area contributed by atoms with Crippen LogP contribution >= 0.6 is 19.2 Å². The van der Waals surface area contributed by atoms with Crippen LogP contribution in [0.1, 0.15) is 11.1 Å². The number of fused-ring (bicyclic) bond motifs is 1. The minimum atomic E-state index is -4.66. The Morgan fingerprint density at radius 1 is 0.893 bits per heavy atom. The molecular formula is C19H19O7PS. The first-order chi connectivity index (χ1) is 13.3. The van der Waals surface area contributed by atoms with Gasteiger partial charge in [-0.1, -0.05) is 12.2 Å². The highest BCUT2D eigenvalue weighted by molar-refractivity contribution is 7.46. The summed E-state index contributed by atoms with van der Waals surface area (Å²) in [4.78, 5) is 18.3. The molecule has 2 N–H and O–H groups in total. The predicted octanol–water partition coefficient (Wildman–Crippen LogP) is 4.57. The third-order valence-corrected chi connectivity index (χ3v) is 5.23. The van der Waals surface area contributed by atoms with Crippen molar-refractivity contribution in [1.29, 1.82) is 0 Å². The van der Waals surface area contributed by atoms with E-state index in [1.807, 2.05) is 23.6 Å². The maximum Gasteiger partial charge on any atom is 0.524 e. The number of phosphoric ester groups is 1. The zero-order chi connectivity index (χ0) is 20.3. The van der Waals surface area contributed by atoms with E-state index in [0.717, 1.165) is 15.8 Å². The zero-order valence-electron chi connectivity index (χ0n) is 15.4. The van der Waals surface area contributed by atoms with Crippen LogP contribution in [0.2, 0.25) is 0 Å². The lowest BCUT2D eigenvalue weighted by atomic mass is 10.1. The SMILES string of the molecule is COc1cc(C=Cc2cc(OP(=O)(O)O)c3ccsc3c2)cc(OC)c1OC. The van der Waals surface area contributed by atoms with Crippen molar-refractivity contribution in [3.63, 3.8) is 0 Å². The molecule has 0 unspecified atom stereocenters. The minimum absolute atomic E-state index is 0.136. The largest absolute Gasteiger partial charge is 0.524 e. The summed E-state index contributed by atoms with van der Waals surface area (Å²) in [5.41, 5.74) is 1.53. The van der Waals surface area contributed by atoms with Crippen molar-refractivity contribution in [2.24, 2.45) is 0 Å². The van der Waals surface area contributed by atoms with E-state index in [1.54, 1.807) is 38.5 Å². The Kier molecular flexibility index (Phi) is 5.96. The second kappa shape index (κ2) is 8.24. The number of hydrogen-bond acceptors (Lipinski definition) is 6. The third kappa shape index (κ3) is 4.48. The summed E-state index contributed by atoms with van der Waals surface area (Å²) in [5.74, 6) is 1.69. The van der Waals surface area contributed by atoms with Crippen LogP contribution in [0.4, 0.5) is 0 Å². The van der Waals surface area contributed by atoms with Gasteiger partial charge >= 0.3 is 7.82 Å². The Balaban J connectivity index is 2.00. The summed E-state index contributed by atoms with van der Waals surface area (Å²) in [6.07, 6.45) is 3.65. The molecule has 0 bridgehead atoms. The second-order valence-corrected chi connectivity index (χ2v) is 7.84. The van der Waals surface area contributed by atoms with Crippen LogP contribution in [0.3, 0.4) is 0 Å². The summed E-state index contributed by atoms with van der Waals surface area (Å²) in [5, 5.41) is 2.49.